The quantitative estimate of drug-likeness (QED) is 0.761. The SMILES string of the molecule is CC(C)c1cccc(OCC(=O)NC2CCN(C(=O)NC3CCCCC3)CC2)c1. The first kappa shape index (κ1) is 21.5. The van der Waals surface area contributed by atoms with Crippen molar-refractivity contribution in [2.45, 2.75) is 76.8 Å². The molecule has 0 spiro atoms. The van der Waals surface area contributed by atoms with E-state index in [1.807, 2.05) is 23.1 Å². The molecule has 1 heterocycles. The van der Waals surface area contributed by atoms with Gasteiger partial charge in [0.1, 0.15) is 5.75 Å². The van der Waals surface area contributed by atoms with E-state index in [1.165, 1.54) is 24.8 Å². The lowest BCUT2D eigenvalue weighted by atomic mass is 9.95. The van der Waals surface area contributed by atoms with E-state index in [2.05, 4.69) is 30.5 Å². The first-order valence-electron chi connectivity index (χ1n) is 11.1. The number of hydrogen-bond donors (Lipinski definition) is 2. The van der Waals surface area contributed by atoms with Crippen LogP contribution in [0.2, 0.25) is 0 Å². The van der Waals surface area contributed by atoms with Gasteiger partial charge in [0.05, 0.1) is 0 Å². The van der Waals surface area contributed by atoms with E-state index in [-0.39, 0.29) is 24.6 Å². The number of carbonyl (C=O) groups is 2. The number of piperidine rings is 1. The van der Waals surface area contributed by atoms with Gasteiger partial charge in [0.2, 0.25) is 0 Å². The molecule has 3 amide bonds. The lowest BCUT2D eigenvalue weighted by Crippen LogP contribution is -2.51. The molecular weight excluding hydrogens is 366 g/mol. The molecule has 3 rings (SSSR count). The second-order valence-corrected chi connectivity index (χ2v) is 8.63. The molecule has 0 aromatic heterocycles. The third kappa shape index (κ3) is 6.65. The van der Waals surface area contributed by atoms with Gasteiger partial charge >= 0.3 is 6.03 Å². The van der Waals surface area contributed by atoms with Crippen molar-refractivity contribution in [2.75, 3.05) is 19.7 Å². The maximum absolute atomic E-state index is 12.4. The predicted octanol–water partition coefficient (Wildman–Crippen LogP) is 3.81. The van der Waals surface area contributed by atoms with Crippen molar-refractivity contribution in [3.05, 3.63) is 29.8 Å². The fourth-order valence-corrected chi connectivity index (χ4v) is 4.12. The molecule has 2 fully saturated rings. The van der Waals surface area contributed by atoms with Gasteiger partial charge in [-0.1, -0.05) is 45.2 Å². The molecule has 1 saturated carbocycles. The first-order valence-corrected chi connectivity index (χ1v) is 11.1. The highest BCUT2D eigenvalue weighted by Gasteiger charge is 2.25. The van der Waals surface area contributed by atoms with Crippen molar-refractivity contribution in [2.24, 2.45) is 0 Å². The molecule has 2 N–H and O–H groups in total. The molecule has 0 bridgehead atoms. The maximum Gasteiger partial charge on any atom is 0.317 e. The Morgan fingerprint density at radius 2 is 1.72 bits per heavy atom. The average molecular weight is 402 g/mol. The zero-order chi connectivity index (χ0) is 20.6. The first-order chi connectivity index (χ1) is 14.0. The van der Waals surface area contributed by atoms with Crippen molar-refractivity contribution in [1.29, 1.82) is 0 Å². The second kappa shape index (κ2) is 10.5. The second-order valence-electron chi connectivity index (χ2n) is 8.63. The van der Waals surface area contributed by atoms with Gasteiger partial charge in [-0.15, -0.1) is 0 Å². The van der Waals surface area contributed by atoms with Crippen LogP contribution in [0.3, 0.4) is 0 Å². The van der Waals surface area contributed by atoms with Gasteiger partial charge in [-0.25, -0.2) is 4.79 Å². The van der Waals surface area contributed by atoms with Gasteiger partial charge in [0.25, 0.3) is 5.91 Å². The van der Waals surface area contributed by atoms with Crippen LogP contribution in [0.5, 0.6) is 5.75 Å². The molecule has 2 aliphatic rings. The summed E-state index contributed by atoms with van der Waals surface area (Å²) in [7, 11) is 0. The molecule has 1 aliphatic heterocycles. The number of ether oxygens (including phenoxy) is 1. The van der Waals surface area contributed by atoms with Gasteiger partial charge in [0.15, 0.2) is 6.61 Å². The Labute approximate surface area is 174 Å². The number of nitrogens with one attached hydrogen (secondary N) is 2. The Kier molecular flexibility index (Phi) is 7.78. The Hall–Kier alpha value is -2.24. The molecule has 0 atom stereocenters. The molecule has 1 aliphatic carbocycles. The Morgan fingerprint density at radius 3 is 2.41 bits per heavy atom. The highest BCUT2D eigenvalue weighted by molar-refractivity contribution is 5.78. The van der Waals surface area contributed by atoms with Crippen LogP contribution < -0.4 is 15.4 Å². The Balaban J connectivity index is 1.36. The lowest BCUT2D eigenvalue weighted by Gasteiger charge is -2.34. The van der Waals surface area contributed by atoms with Crippen molar-refractivity contribution >= 4 is 11.9 Å². The largest absolute Gasteiger partial charge is 0.484 e. The molecule has 1 saturated heterocycles. The number of rotatable bonds is 6. The topological polar surface area (TPSA) is 70.7 Å². The highest BCUT2D eigenvalue weighted by atomic mass is 16.5. The summed E-state index contributed by atoms with van der Waals surface area (Å²) >= 11 is 0. The summed E-state index contributed by atoms with van der Waals surface area (Å²) in [6.45, 7) is 5.65. The van der Waals surface area contributed by atoms with Gasteiger partial charge in [-0.05, 0) is 49.3 Å². The zero-order valence-corrected chi connectivity index (χ0v) is 17.8. The van der Waals surface area contributed by atoms with Crippen molar-refractivity contribution in [3.8, 4) is 5.75 Å². The van der Waals surface area contributed by atoms with E-state index in [9.17, 15) is 9.59 Å². The molecular formula is C23H35N3O3. The van der Waals surface area contributed by atoms with Crippen LogP contribution in [-0.2, 0) is 4.79 Å². The summed E-state index contributed by atoms with van der Waals surface area (Å²) in [5.41, 5.74) is 1.20. The van der Waals surface area contributed by atoms with Crippen LogP contribution in [0, 0.1) is 0 Å². The predicted molar refractivity (Wildman–Crippen MR) is 114 cm³/mol. The Bertz CT molecular complexity index is 678. The number of carbonyl (C=O) groups excluding carboxylic acids is 2. The summed E-state index contributed by atoms with van der Waals surface area (Å²) in [4.78, 5) is 26.6. The number of likely N-dealkylation sites (tertiary alicyclic amines) is 1. The van der Waals surface area contributed by atoms with Crippen LogP contribution in [0.25, 0.3) is 0 Å². The lowest BCUT2D eigenvalue weighted by molar-refractivity contribution is -0.124. The van der Waals surface area contributed by atoms with Crippen LogP contribution in [0.4, 0.5) is 4.79 Å². The van der Waals surface area contributed by atoms with Gasteiger partial charge in [-0.3, -0.25) is 4.79 Å². The van der Waals surface area contributed by atoms with E-state index in [1.54, 1.807) is 0 Å². The monoisotopic (exact) mass is 401 g/mol. The van der Waals surface area contributed by atoms with E-state index in [4.69, 9.17) is 4.74 Å². The molecule has 6 nitrogen and oxygen atoms in total. The number of urea groups is 1. The summed E-state index contributed by atoms with van der Waals surface area (Å²) in [6.07, 6.45) is 7.46. The fourth-order valence-electron chi connectivity index (χ4n) is 4.12. The van der Waals surface area contributed by atoms with Gasteiger partial charge in [0, 0.05) is 25.2 Å². The number of nitrogens with zero attached hydrogens (tertiary/aromatic N) is 1. The molecule has 1 aromatic carbocycles. The highest BCUT2D eigenvalue weighted by Crippen LogP contribution is 2.20. The van der Waals surface area contributed by atoms with Crippen LogP contribution >= 0.6 is 0 Å². The summed E-state index contributed by atoms with van der Waals surface area (Å²) < 4.78 is 5.66. The zero-order valence-electron chi connectivity index (χ0n) is 17.8. The summed E-state index contributed by atoms with van der Waals surface area (Å²) in [5.74, 6) is 1.04. The third-order valence-electron chi connectivity index (χ3n) is 5.97. The minimum absolute atomic E-state index is 0.0178. The van der Waals surface area contributed by atoms with E-state index >= 15 is 0 Å². The fraction of sp³-hybridized carbons (Fsp3) is 0.652. The van der Waals surface area contributed by atoms with Crippen molar-refractivity contribution in [1.82, 2.24) is 15.5 Å². The molecule has 160 valence electrons. The summed E-state index contributed by atoms with van der Waals surface area (Å²) in [5, 5.41) is 6.22. The molecule has 0 radical (unpaired) electrons. The standard InChI is InChI=1S/C23H35N3O3/c1-17(2)18-7-6-10-21(15-18)29-16-22(27)24-20-11-13-26(14-12-20)23(28)25-19-8-4-3-5-9-19/h6-7,10,15,17,19-20H,3-5,8-9,11-14,16H2,1-2H3,(H,24,27)(H,25,28). The molecule has 6 heteroatoms. The third-order valence-corrected chi connectivity index (χ3v) is 5.97. The van der Waals surface area contributed by atoms with Crippen LogP contribution in [0.1, 0.15) is 70.3 Å². The van der Waals surface area contributed by atoms with Crippen LogP contribution in [-0.4, -0.2) is 48.6 Å². The van der Waals surface area contributed by atoms with E-state index < -0.39 is 0 Å². The van der Waals surface area contributed by atoms with E-state index in [0.717, 1.165) is 31.4 Å². The smallest absolute Gasteiger partial charge is 0.317 e. The summed E-state index contributed by atoms with van der Waals surface area (Å²) in [6, 6.07) is 8.37. The number of benzene rings is 1. The van der Waals surface area contributed by atoms with Gasteiger partial charge in [-0.2, -0.15) is 0 Å². The van der Waals surface area contributed by atoms with Crippen LogP contribution in [0.15, 0.2) is 24.3 Å². The Morgan fingerprint density at radius 1 is 1.03 bits per heavy atom. The normalized spacial score (nSPS) is 18.5. The van der Waals surface area contributed by atoms with E-state index in [0.29, 0.717) is 25.0 Å². The minimum atomic E-state index is -0.106. The minimum Gasteiger partial charge on any atom is -0.484 e. The molecule has 29 heavy (non-hydrogen) atoms. The van der Waals surface area contributed by atoms with Crippen molar-refractivity contribution in [3.63, 3.8) is 0 Å². The molecule has 0 unspecified atom stereocenters. The molecule has 1 aromatic rings. The number of amides is 3. The maximum atomic E-state index is 12.4. The number of hydrogen-bond acceptors (Lipinski definition) is 3. The van der Waals surface area contributed by atoms with Gasteiger partial charge < -0.3 is 20.3 Å². The van der Waals surface area contributed by atoms with Crippen molar-refractivity contribution < 1.29 is 14.3 Å². The average Bonchev–Trinajstić information content (AvgIpc) is 2.73.